The summed E-state index contributed by atoms with van der Waals surface area (Å²) in [5.41, 5.74) is 2.01. The molecule has 0 aliphatic carbocycles. The lowest BCUT2D eigenvalue weighted by molar-refractivity contribution is -0.111. The van der Waals surface area contributed by atoms with Crippen LogP contribution in [-0.4, -0.2) is 30.8 Å². The Hall–Kier alpha value is -3.86. The molecule has 5 heteroatoms. The van der Waals surface area contributed by atoms with Crippen LogP contribution in [-0.2, 0) is 4.79 Å². The van der Waals surface area contributed by atoms with E-state index < -0.39 is 0 Å². The highest BCUT2D eigenvalue weighted by molar-refractivity contribution is 6.03. The van der Waals surface area contributed by atoms with Crippen LogP contribution in [0.25, 0.3) is 6.08 Å². The van der Waals surface area contributed by atoms with Gasteiger partial charge in [-0.15, -0.1) is 0 Å². The fourth-order valence-corrected chi connectivity index (χ4v) is 2.62. The van der Waals surface area contributed by atoms with Crippen molar-refractivity contribution in [2.24, 2.45) is 0 Å². The van der Waals surface area contributed by atoms with Crippen molar-refractivity contribution in [1.82, 2.24) is 4.90 Å². The number of ether oxygens (including phenoxy) is 1. The van der Waals surface area contributed by atoms with Crippen molar-refractivity contribution < 1.29 is 14.3 Å². The molecule has 2 amide bonds. The molecule has 1 N–H and O–H groups in total. The van der Waals surface area contributed by atoms with E-state index in [0.29, 0.717) is 22.7 Å². The fraction of sp³-hybridized carbons (Fsp3) is 0.0833. The SMILES string of the molecule is CN(C)C(=O)c1ccc(/C=C/C(=O)Nc2ccccc2Oc2ccccc2)cc1. The zero-order chi connectivity index (χ0) is 20.6. The third-order valence-corrected chi connectivity index (χ3v) is 4.11. The van der Waals surface area contributed by atoms with Gasteiger partial charge in [-0.25, -0.2) is 0 Å². The van der Waals surface area contributed by atoms with E-state index in [4.69, 9.17) is 4.74 Å². The minimum Gasteiger partial charge on any atom is -0.455 e. The topological polar surface area (TPSA) is 58.6 Å². The quantitative estimate of drug-likeness (QED) is 0.617. The van der Waals surface area contributed by atoms with Crippen molar-refractivity contribution >= 4 is 23.6 Å². The molecular weight excluding hydrogens is 364 g/mol. The molecule has 0 bridgehead atoms. The summed E-state index contributed by atoms with van der Waals surface area (Å²) in [5, 5.41) is 2.83. The van der Waals surface area contributed by atoms with E-state index in [9.17, 15) is 9.59 Å². The van der Waals surface area contributed by atoms with E-state index in [1.807, 2.05) is 42.5 Å². The summed E-state index contributed by atoms with van der Waals surface area (Å²) in [6.07, 6.45) is 3.14. The van der Waals surface area contributed by atoms with Crippen LogP contribution in [0.2, 0.25) is 0 Å². The van der Waals surface area contributed by atoms with Crippen molar-refractivity contribution in [3.63, 3.8) is 0 Å². The highest BCUT2D eigenvalue weighted by Crippen LogP contribution is 2.29. The third kappa shape index (κ3) is 5.56. The second-order valence-corrected chi connectivity index (χ2v) is 6.56. The van der Waals surface area contributed by atoms with Crippen molar-refractivity contribution in [2.75, 3.05) is 19.4 Å². The van der Waals surface area contributed by atoms with Gasteiger partial charge in [-0.1, -0.05) is 42.5 Å². The number of amides is 2. The maximum atomic E-state index is 12.3. The summed E-state index contributed by atoms with van der Waals surface area (Å²) in [7, 11) is 3.42. The van der Waals surface area contributed by atoms with Crippen LogP contribution in [0.4, 0.5) is 5.69 Å². The van der Waals surface area contributed by atoms with Crippen molar-refractivity contribution in [2.45, 2.75) is 0 Å². The van der Waals surface area contributed by atoms with Gasteiger partial charge in [0.05, 0.1) is 5.69 Å². The lowest BCUT2D eigenvalue weighted by atomic mass is 10.1. The summed E-state index contributed by atoms with van der Waals surface area (Å²) in [5.74, 6) is 0.917. The molecule has 0 unspecified atom stereocenters. The molecule has 0 aliphatic heterocycles. The van der Waals surface area contributed by atoms with Gasteiger partial charge in [0.25, 0.3) is 5.91 Å². The van der Waals surface area contributed by atoms with Gasteiger partial charge in [0, 0.05) is 25.7 Å². The highest BCUT2D eigenvalue weighted by atomic mass is 16.5. The lowest BCUT2D eigenvalue weighted by Crippen LogP contribution is -2.21. The van der Waals surface area contributed by atoms with Gasteiger partial charge < -0.3 is 15.0 Å². The maximum Gasteiger partial charge on any atom is 0.253 e. The molecule has 0 aliphatic rings. The Labute approximate surface area is 170 Å². The van der Waals surface area contributed by atoms with Gasteiger partial charge in [0.2, 0.25) is 5.91 Å². The second kappa shape index (κ2) is 9.37. The molecule has 5 nitrogen and oxygen atoms in total. The van der Waals surface area contributed by atoms with Crippen LogP contribution in [0, 0.1) is 0 Å². The van der Waals surface area contributed by atoms with Crippen LogP contribution in [0.5, 0.6) is 11.5 Å². The van der Waals surface area contributed by atoms with E-state index in [0.717, 1.165) is 5.56 Å². The van der Waals surface area contributed by atoms with Crippen LogP contribution in [0.15, 0.2) is 84.9 Å². The first-order valence-corrected chi connectivity index (χ1v) is 9.15. The van der Waals surface area contributed by atoms with E-state index in [-0.39, 0.29) is 11.8 Å². The standard InChI is InChI=1S/C24H22N2O3/c1-26(2)24(28)19-15-12-18(13-16-19)14-17-23(27)25-21-10-6-7-11-22(21)29-20-8-4-3-5-9-20/h3-17H,1-2H3,(H,25,27)/b17-14+. The van der Waals surface area contributed by atoms with Gasteiger partial charge in [0.1, 0.15) is 5.75 Å². The number of carbonyl (C=O) groups is 2. The first kappa shape index (κ1) is 19.9. The van der Waals surface area contributed by atoms with E-state index in [1.165, 1.54) is 11.0 Å². The molecule has 0 atom stereocenters. The number of hydrogen-bond donors (Lipinski definition) is 1. The molecule has 3 rings (SSSR count). The molecular formula is C24H22N2O3. The monoisotopic (exact) mass is 386 g/mol. The van der Waals surface area contributed by atoms with Gasteiger partial charge in [-0.2, -0.15) is 0 Å². The normalized spacial score (nSPS) is 10.6. The van der Waals surface area contributed by atoms with Crippen molar-refractivity contribution in [1.29, 1.82) is 0 Å². The lowest BCUT2D eigenvalue weighted by Gasteiger charge is -2.11. The number of nitrogens with one attached hydrogen (secondary N) is 1. The average Bonchev–Trinajstić information content (AvgIpc) is 2.74. The third-order valence-electron chi connectivity index (χ3n) is 4.11. The highest BCUT2D eigenvalue weighted by Gasteiger charge is 2.08. The number of anilines is 1. The Morgan fingerprint density at radius 3 is 2.21 bits per heavy atom. The maximum absolute atomic E-state index is 12.3. The summed E-state index contributed by atoms with van der Waals surface area (Å²) < 4.78 is 5.85. The minimum absolute atomic E-state index is 0.0618. The Balaban J connectivity index is 1.66. The largest absolute Gasteiger partial charge is 0.455 e. The molecule has 0 spiro atoms. The van der Waals surface area contributed by atoms with Gasteiger partial charge >= 0.3 is 0 Å². The van der Waals surface area contributed by atoms with Crippen molar-refractivity contribution in [3.8, 4) is 11.5 Å². The minimum atomic E-state index is -0.275. The summed E-state index contributed by atoms with van der Waals surface area (Å²) in [6, 6.07) is 23.7. The zero-order valence-electron chi connectivity index (χ0n) is 16.3. The van der Waals surface area contributed by atoms with Gasteiger partial charge in [-0.3, -0.25) is 9.59 Å². The molecule has 0 saturated carbocycles. The number of rotatable bonds is 6. The van der Waals surface area contributed by atoms with Crippen LogP contribution in [0.1, 0.15) is 15.9 Å². The summed E-state index contributed by atoms with van der Waals surface area (Å²) in [6.45, 7) is 0. The number of benzene rings is 3. The van der Waals surface area contributed by atoms with Crippen molar-refractivity contribution in [3.05, 3.63) is 96.1 Å². The molecule has 0 saturated heterocycles. The molecule has 3 aromatic rings. The molecule has 0 heterocycles. The van der Waals surface area contributed by atoms with Crippen LogP contribution in [0.3, 0.4) is 0 Å². The first-order valence-electron chi connectivity index (χ1n) is 9.15. The molecule has 3 aromatic carbocycles. The van der Waals surface area contributed by atoms with Gasteiger partial charge in [0.15, 0.2) is 5.75 Å². The Kier molecular flexibility index (Phi) is 6.43. The predicted octanol–water partition coefficient (Wildman–Crippen LogP) is 4.83. The predicted molar refractivity (Wildman–Crippen MR) is 115 cm³/mol. The van der Waals surface area contributed by atoms with Crippen LogP contribution >= 0.6 is 0 Å². The molecule has 146 valence electrons. The Bertz CT molecular complexity index is 1010. The Morgan fingerprint density at radius 1 is 0.862 bits per heavy atom. The average molecular weight is 386 g/mol. The molecule has 0 radical (unpaired) electrons. The zero-order valence-corrected chi connectivity index (χ0v) is 16.3. The first-order chi connectivity index (χ1) is 14.0. The van der Waals surface area contributed by atoms with Gasteiger partial charge in [-0.05, 0) is 48.0 Å². The number of nitrogens with zero attached hydrogens (tertiary/aromatic N) is 1. The van der Waals surface area contributed by atoms with E-state index in [1.54, 1.807) is 56.6 Å². The Morgan fingerprint density at radius 2 is 1.52 bits per heavy atom. The number of carbonyl (C=O) groups excluding carboxylic acids is 2. The van der Waals surface area contributed by atoms with E-state index in [2.05, 4.69) is 5.32 Å². The number of hydrogen-bond acceptors (Lipinski definition) is 3. The second-order valence-electron chi connectivity index (χ2n) is 6.56. The number of para-hydroxylation sites is 3. The van der Waals surface area contributed by atoms with E-state index >= 15 is 0 Å². The smallest absolute Gasteiger partial charge is 0.253 e. The van der Waals surface area contributed by atoms with Crippen LogP contribution < -0.4 is 10.1 Å². The summed E-state index contributed by atoms with van der Waals surface area (Å²) in [4.78, 5) is 25.8. The fourth-order valence-electron chi connectivity index (χ4n) is 2.62. The molecule has 0 fully saturated rings. The molecule has 0 aromatic heterocycles. The molecule has 29 heavy (non-hydrogen) atoms. The summed E-state index contributed by atoms with van der Waals surface area (Å²) >= 11 is 0.